The van der Waals surface area contributed by atoms with Crippen molar-refractivity contribution in [3.8, 4) is 0 Å². The Bertz CT molecular complexity index is 895. The molecule has 1 saturated heterocycles. The van der Waals surface area contributed by atoms with Gasteiger partial charge in [0.25, 0.3) is 5.60 Å². The molecule has 1 unspecified atom stereocenters. The molecule has 29 heavy (non-hydrogen) atoms. The van der Waals surface area contributed by atoms with Gasteiger partial charge in [0.2, 0.25) is 5.78 Å². The second-order valence-corrected chi connectivity index (χ2v) is 7.63. The normalized spacial score (nSPS) is 24.4. The van der Waals surface area contributed by atoms with E-state index in [1.54, 1.807) is 24.3 Å². The number of carbonyl (C=O) groups excluding carboxylic acids is 3. The Hall–Kier alpha value is -2.89. The third-order valence-electron chi connectivity index (χ3n) is 5.63. The lowest BCUT2D eigenvalue weighted by molar-refractivity contribution is -0.165. The summed E-state index contributed by atoms with van der Waals surface area (Å²) in [5.41, 5.74) is -0.599. The maximum atomic E-state index is 13.5. The van der Waals surface area contributed by atoms with Gasteiger partial charge in [-0.1, -0.05) is 30.3 Å². The van der Waals surface area contributed by atoms with Crippen LogP contribution in [0.2, 0.25) is 0 Å². The molecule has 6 heteroatoms. The summed E-state index contributed by atoms with van der Waals surface area (Å²) in [5.74, 6) is -1.06. The molecule has 6 nitrogen and oxygen atoms in total. The molecule has 1 fully saturated rings. The molecule has 0 radical (unpaired) electrons. The first-order valence-electron chi connectivity index (χ1n) is 10.2. The fourth-order valence-corrected chi connectivity index (χ4v) is 4.34. The Morgan fingerprint density at radius 2 is 1.79 bits per heavy atom. The highest BCUT2D eigenvalue weighted by molar-refractivity contribution is 6.35. The van der Waals surface area contributed by atoms with E-state index in [1.807, 2.05) is 17.0 Å². The second-order valence-electron chi connectivity index (χ2n) is 7.63. The van der Waals surface area contributed by atoms with Gasteiger partial charge < -0.3 is 14.4 Å². The van der Waals surface area contributed by atoms with E-state index in [1.165, 1.54) is 6.92 Å². The molecule has 1 aliphatic carbocycles. The van der Waals surface area contributed by atoms with E-state index in [9.17, 15) is 14.4 Å². The van der Waals surface area contributed by atoms with Crippen LogP contribution in [0.4, 0.5) is 0 Å². The van der Waals surface area contributed by atoms with Gasteiger partial charge in [0.15, 0.2) is 11.5 Å². The molecule has 3 aliphatic rings. The van der Waals surface area contributed by atoms with Crippen molar-refractivity contribution in [2.75, 3.05) is 19.7 Å². The minimum Gasteiger partial charge on any atom is -0.493 e. The Morgan fingerprint density at radius 3 is 2.41 bits per heavy atom. The van der Waals surface area contributed by atoms with Gasteiger partial charge in [0.1, 0.15) is 0 Å². The maximum absolute atomic E-state index is 13.5. The van der Waals surface area contributed by atoms with E-state index in [2.05, 4.69) is 0 Å². The largest absolute Gasteiger partial charge is 0.493 e. The van der Waals surface area contributed by atoms with Crippen LogP contribution in [0.25, 0.3) is 0 Å². The van der Waals surface area contributed by atoms with Crippen molar-refractivity contribution in [3.63, 3.8) is 0 Å². The number of ether oxygens (including phenoxy) is 2. The number of esters is 1. The number of carbonyl (C=O) groups is 3. The zero-order valence-corrected chi connectivity index (χ0v) is 16.6. The minimum absolute atomic E-state index is 0.106. The molecule has 2 heterocycles. The molecule has 4 rings (SSSR count). The van der Waals surface area contributed by atoms with Crippen LogP contribution in [0.15, 0.2) is 53.4 Å². The predicted octanol–water partition coefficient (Wildman–Crippen LogP) is 3.19. The molecule has 1 atom stereocenters. The summed E-state index contributed by atoms with van der Waals surface area (Å²) in [6, 6.07) is 8.74. The van der Waals surface area contributed by atoms with Crippen molar-refractivity contribution in [2.24, 2.45) is 0 Å². The number of nitrogens with zero attached hydrogens (tertiary/aromatic N) is 1. The zero-order chi connectivity index (χ0) is 20.4. The molecule has 0 spiro atoms. The molecular formula is C23H25NO5. The third kappa shape index (κ3) is 3.26. The lowest BCUT2D eigenvalue weighted by atomic mass is 9.70. The average Bonchev–Trinajstić information content (AvgIpc) is 2.76. The number of hydrogen-bond donors (Lipinski definition) is 0. The monoisotopic (exact) mass is 395 g/mol. The van der Waals surface area contributed by atoms with Crippen LogP contribution in [-0.4, -0.2) is 47.7 Å². The van der Waals surface area contributed by atoms with Crippen LogP contribution in [-0.2, 0) is 19.1 Å². The number of ketones is 2. The first-order chi connectivity index (χ1) is 14.1. The molecule has 0 saturated carbocycles. The van der Waals surface area contributed by atoms with Crippen molar-refractivity contribution in [1.82, 2.24) is 4.90 Å². The van der Waals surface area contributed by atoms with Gasteiger partial charge >= 0.3 is 5.97 Å². The van der Waals surface area contributed by atoms with Gasteiger partial charge in [-0.05, 0) is 38.2 Å². The van der Waals surface area contributed by atoms with E-state index >= 15 is 0 Å². The number of rotatable bonds is 5. The third-order valence-corrected chi connectivity index (χ3v) is 5.63. The summed E-state index contributed by atoms with van der Waals surface area (Å²) >= 11 is 0. The van der Waals surface area contributed by atoms with Crippen molar-refractivity contribution in [2.45, 2.75) is 44.6 Å². The Kier molecular flexibility index (Phi) is 5.26. The predicted molar refractivity (Wildman–Crippen MR) is 106 cm³/mol. The van der Waals surface area contributed by atoms with Crippen LogP contribution in [0, 0.1) is 0 Å². The lowest BCUT2D eigenvalue weighted by Gasteiger charge is -2.49. The molecular weight excluding hydrogens is 370 g/mol. The van der Waals surface area contributed by atoms with E-state index in [-0.39, 0.29) is 11.4 Å². The highest BCUT2D eigenvalue weighted by Gasteiger charge is 2.64. The van der Waals surface area contributed by atoms with Crippen LogP contribution < -0.4 is 0 Å². The second kappa shape index (κ2) is 7.85. The number of likely N-dealkylation sites (tertiary alicyclic amines) is 1. The fourth-order valence-electron chi connectivity index (χ4n) is 4.34. The van der Waals surface area contributed by atoms with Gasteiger partial charge in [0, 0.05) is 25.6 Å². The quantitative estimate of drug-likeness (QED) is 0.433. The van der Waals surface area contributed by atoms with Crippen LogP contribution in [0.5, 0.6) is 0 Å². The fraction of sp³-hybridized carbons (Fsp3) is 0.435. The Balaban J connectivity index is 1.87. The molecule has 0 bridgehead atoms. The summed E-state index contributed by atoms with van der Waals surface area (Å²) in [6.45, 7) is 3.16. The van der Waals surface area contributed by atoms with Crippen molar-refractivity contribution >= 4 is 17.5 Å². The molecule has 152 valence electrons. The van der Waals surface area contributed by atoms with E-state index in [0.29, 0.717) is 36.7 Å². The lowest BCUT2D eigenvalue weighted by Crippen LogP contribution is -2.62. The number of benzene rings is 1. The molecule has 0 aromatic heterocycles. The van der Waals surface area contributed by atoms with Gasteiger partial charge in [0.05, 0.1) is 17.9 Å². The van der Waals surface area contributed by atoms with Crippen LogP contribution >= 0.6 is 0 Å². The number of piperidine rings is 1. The highest BCUT2D eigenvalue weighted by atomic mass is 16.6. The minimum atomic E-state index is -1.64. The SMILES string of the molecule is CC(=O)OC1(C2=CCCCO2)C(=O)C(C(=O)c2ccccc2)=C1N1CCCCC1. The molecule has 1 aromatic rings. The standard InChI is InChI=1S/C23H25NO5/c1-16(25)29-23(18-12-6-9-15-28-18)21(24-13-7-3-8-14-24)19(22(23)27)20(26)17-10-4-2-5-11-17/h2,4-5,10-12H,3,6-9,13-15H2,1H3. The van der Waals surface area contributed by atoms with Crippen molar-refractivity contribution in [3.05, 3.63) is 59.0 Å². The van der Waals surface area contributed by atoms with E-state index in [0.717, 1.165) is 32.1 Å². The van der Waals surface area contributed by atoms with Crippen molar-refractivity contribution in [1.29, 1.82) is 0 Å². The van der Waals surface area contributed by atoms with Gasteiger partial charge in [-0.25, -0.2) is 0 Å². The Labute approximate surface area is 170 Å². The molecule has 0 N–H and O–H groups in total. The summed E-state index contributed by atoms with van der Waals surface area (Å²) in [5, 5.41) is 0. The van der Waals surface area contributed by atoms with Crippen LogP contribution in [0.3, 0.4) is 0 Å². The average molecular weight is 395 g/mol. The summed E-state index contributed by atoms with van der Waals surface area (Å²) in [7, 11) is 0. The van der Waals surface area contributed by atoms with Gasteiger partial charge in [-0.15, -0.1) is 0 Å². The highest BCUT2D eigenvalue weighted by Crippen LogP contribution is 2.48. The molecule has 0 amide bonds. The maximum Gasteiger partial charge on any atom is 0.304 e. The summed E-state index contributed by atoms with van der Waals surface area (Å²) in [6.07, 6.45) is 6.41. The van der Waals surface area contributed by atoms with E-state index in [4.69, 9.17) is 9.47 Å². The van der Waals surface area contributed by atoms with Gasteiger partial charge in [-0.2, -0.15) is 0 Å². The summed E-state index contributed by atoms with van der Waals surface area (Å²) in [4.78, 5) is 40.8. The summed E-state index contributed by atoms with van der Waals surface area (Å²) < 4.78 is 11.5. The topological polar surface area (TPSA) is 72.9 Å². The molecule has 1 aromatic carbocycles. The van der Waals surface area contributed by atoms with Gasteiger partial charge in [-0.3, -0.25) is 14.4 Å². The van der Waals surface area contributed by atoms with Crippen LogP contribution in [0.1, 0.15) is 49.4 Å². The number of allylic oxidation sites excluding steroid dienone is 1. The van der Waals surface area contributed by atoms with Crippen molar-refractivity contribution < 1.29 is 23.9 Å². The number of hydrogen-bond acceptors (Lipinski definition) is 6. The molecule has 2 aliphatic heterocycles. The first kappa shape index (κ1) is 19.4. The smallest absolute Gasteiger partial charge is 0.304 e. The zero-order valence-electron chi connectivity index (χ0n) is 16.6. The number of Topliss-reactive ketones (excluding diaryl/α,β-unsaturated/α-hetero) is 2. The first-order valence-corrected chi connectivity index (χ1v) is 10.2. The Morgan fingerprint density at radius 1 is 1.07 bits per heavy atom. The van der Waals surface area contributed by atoms with E-state index < -0.39 is 17.4 Å².